The number of piperazine rings is 1. The van der Waals surface area contributed by atoms with E-state index in [1.807, 2.05) is 49.1 Å². The van der Waals surface area contributed by atoms with Crippen LogP contribution in [0.4, 0.5) is 30.6 Å². The van der Waals surface area contributed by atoms with Crippen LogP contribution in [0, 0.1) is 13.8 Å². The molecular weight excluding hydrogens is 479 g/mol. The van der Waals surface area contributed by atoms with E-state index >= 15 is 0 Å². The normalized spacial score (nSPS) is 15.3. The van der Waals surface area contributed by atoms with Gasteiger partial charge in [-0.1, -0.05) is 29.8 Å². The van der Waals surface area contributed by atoms with Gasteiger partial charge >= 0.3 is 6.18 Å². The molecule has 1 fully saturated rings. The Bertz CT molecular complexity index is 1270. The second-order valence-corrected chi connectivity index (χ2v) is 10.5. The number of rotatable bonds is 6. The summed E-state index contributed by atoms with van der Waals surface area (Å²) in [6, 6.07) is 14.0. The summed E-state index contributed by atoms with van der Waals surface area (Å²) >= 11 is 0. The lowest BCUT2D eigenvalue weighted by atomic mass is 10.1. The van der Waals surface area contributed by atoms with Crippen LogP contribution in [-0.2, 0) is 22.0 Å². The first-order chi connectivity index (χ1) is 16.5. The number of hydrogen-bond donors (Lipinski definition) is 1. The Balaban J connectivity index is 1.39. The highest BCUT2D eigenvalue weighted by Gasteiger charge is 2.31. The number of benzene rings is 2. The fraction of sp³-hybridized carbons (Fsp3) is 0.333. The van der Waals surface area contributed by atoms with Crippen LogP contribution in [0.2, 0.25) is 0 Å². The number of anilines is 3. The predicted octanol–water partition coefficient (Wildman–Crippen LogP) is 4.51. The first kappa shape index (κ1) is 24.9. The first-order valence-electron chi connectivity index (χ1n) is 11.1. The second kappa shape index (κ2) is 9.82. The number of halogens is 3. The minimum absolute atomic E-state index is 0.257. The molecule has 1 N–H and O–H groups in total. The Morgan fingerprint density at radius 1 is 0.914 bits per heavy atom. The highest BCUT2D eigenvalue weighted by atomic mass is 32.2. The van der Waals surface area contributed by atoms with Gasteiger partial charge in [0.05, 0.1) is 11.3 Å². The van der Waals surface area contributed by atoms with Crippen molar-refractivity contribution in [2.45, 2.75) is 25.8 Å². The van der Waals surface area contributed by atoms with E-state index in [2.05, 4.69) is 15.3 Å². The molecule has 4 rings (SSSR count). The van der Waals surface area contributed by atoms with Crippen molar-refractivity contribution in [3.05, 3.63) is 77.0 Å². The molecule has 0 unspecified atom stereocenters. The van der Waals surface area contributed by atoms with Crippen molar-refractivity contribution in [1.29, 1.82) is 0 Å². The molecule has 1 saturated heterocycles. The van der Waals surface area contributed by atoms with Crippen LogP contribution < -0.4 is 10.2 Å². The van der Waals surface area contributed by atoms with E-state index in [-0.39, 0.29) is 18.8 Å². The van der Waals surface area contributed by atoms with Crippen LogP contribution in [-0.4, -0.2) is 48.9 Å². The van der Waals surface area contributed by atoms with E-state index in [4.69, 9.17) is 0 Å². The third kappa shape index (κ3) is 6.29. The average molecular weight is 506 g/mol. The number of alkyl halides is 3. The molecule has 2 heterocycles. The van der Waals surface area contributed by atoms with Gasteiger partial charge in [0.2, 0.25) is 16.0 Å². The van der Waals surface area contributed by atoms with Gasteiger partial charge in [0.25, 0.3) is 0 Å². The van der Waals surface area contributed by atoms with Gasteiger partial charge in [-0.25, -0.2) is 13.4 Å². The molecule has 0 radical (unpaired) electrons. The zero-order valence-electron chi connectivity index (χ0n) is 19.4. The minimum Gasteiger partial charge on any atom is -0.354 e. The molecule has 7 nitrogen and oxygen atoms in total. The lowest BCUT2D eigenvalue weighted by Gasteiger charge is -2.34. The molecule has 0 atom stereocenters. The molecule has 1 aliphatic rings. The molecule has 0 spiro atoms. The number of aryl methyl sites for hydroxylation is 2. The molecule has 1 aromatic heterocycles. The van der Waals surface area contributed by atoms with Gasteiger partial charge < -0.3 is 10.2 Å². The van der Waals surface area contributed by atoms with Crippen LogP contribution in [0.3, 0.4) is 0 Å². The van der Waals surface area contributed by atoms with Gasteiger partial charge in [0.15, 0.2) is 0 Å². The van der Waals surface area contributed by atoms with Crippen molar-refractivity contribution in [1.82, 2.24) is 14.3 Å². The number of hydrogen-bond acceptors (Lipinski definition) is 6. The number of sulfonamides is 1. The molecule has 0 aliphatic carbocycles. The summed E-state index contributed by atoms with van der Waals surface area (Å²) in [5, 5.41) is 3.20. The zero-order valence-corrected chi connectivity index (χ0v) is 20.2. The van der Waals surface area contributed by atoms with Crippen LogP contribution in [0.1, 0.15) is 22.4 Å². The highest BCUT2D eigenvalue weighted by Crippen LogP contribution is 2.29. The van der Waals surface area contributed by atoms with E-state index in [0.29, 0.717) is 30.4 Å². The molecule has 35 heavy (non-hydrogen) atoms. The first-order valence-corrected chi connectivity index (χ1v) is 12.7. The largest absolute Gasteiger partial charge is 0.416 e. The lowest BCUT2D eigenvalue weighted by Crippen LogP contribution is -2.49. The Labute approximate surface area is 202 Å². The molecule has 2 aromatic carbocycles. The fourth-order valence-corrected chi connectivity index (χ4v) is 5.34. The molecule has 0 bridgehead atoms. The molecule has 0 amide bonds. The van der Waals surface area contributed by atoms with Crippen molar-refractivity contribution >= 4 is 27.5 Å². The van der Waals surface area contributed by atoms with Crippen molar-refractivity contribution in [2.75, 3.05) is 36.4 Å². The summed E-state index contributed by atoms with van der Waals surface area (Å²) in [6.45, 7) is 5.27. The summed E-state index contributed by atoms with van der Waals surface area (Å²) in [6.07, 6.45) is -4.46. The maximum atomic E-state index is 12.9. The van der Waals surface area contributed by atoms with Crippen LogP contribution in [0.15, 0.2) is 54.6 Å². The summed E-state index contributed by atoms with van der Waals surface area (Å²) < 4.78 is 65.4. The maximum absolute atomic E-state index is 12.9. The number of aromatic nitrogens is 2. The van der Waals surface area contributed by atoms with Crippen LogP contribution in [0.5, 0.6) is 0 Å². The number of nitrogens with one attached hydrogen (secondary N) is 1. The Morgan fingerprint density at radius 2 is 1.54 bits per heavy atom. The summed E-state index contributed by atoms with van der Waals surface area (Å²) in [4.78, 5) is 11.0. The minimum atomic E-state index is -4.46. The average Bonchev–Trinajstić information content (AvgIpc) is 2.80. The van der Waals surface area contributed by atoms with Crippen LogP contribution >= 0.6 is 0 Å². The predicted molar refractivity (Wildman–Crippen MR) is 129 cm³/mol. The van der Waals surface area contributed by atoms with E-state index < -0.39 is 21.8 Å². The maximum Gasteiger partial charge on any atom is 0.416 e. The van der Waals surface area contributed by atoms with Gasteiger partial charge in [0, 0.05) is 43.6 Å². The molecule has 3 aromatic rings. The second-order valence-electron chi connectivity index (χ2n) is 8.52. The molecule has 186 valence electrons. The monoisotopic (exact) mass is 505 g/mol. The lowest BCUT2D eigenvalue weighted by molar-refractivity contribution is -0.137. The van der Waals surface area contributed by atoms with Gasteiger partial charge in [-0.3, -0.25) is 0 Å². The third-order valence-corrected chi connectivity index (χ3v) is 7.58. The van der Waals surface area contributed by atoms with Crippen molar-refractivity contribution in [3.63, 3.8) is 0 Å². The SMILES string of the molecule is Cc1ccc(Nc2nc(C)cc(N3CCN(S(=O)(=O)Cc4ccc(C(F)(F)F)cc4)CC3)n2)cc1. The summed E-state index contributed by atoms with van der Waals surface area (Å²) in [5.41, 5.74) is 2.31. The van der Waals surface area contributed by atoms with Gasteiger partial charge in [-0.15, -0.1) is 0 Å². The fourth-order valence-electron chi connectivity index (χ4n) is 3.82. The highest BCUT2D eigenvalue weighted by molar-refractivity contribution is 7.88. The van der Waals surface area contributed by atoms with E-state index in [9.17, 15) is 21.6 Å². The van der Waals surface area contributed by atoms with Crippen molar-refractivity contribution in [2.24, 2.45) is 0 Å². The van der Waals surface area contributed by atoms with Gasteiger partial charge in [-0.2, -0.15) is 22.5 Å². The topological polar surface area (TPSA) is 78.4 Å². The van der Waals surface area contributed by atoms with Crippen molar-refractivity contribution in [3.8, 4) is 0 Å². The Morgan fingerprint density at radius 3 is 2.14 bits per heavy atom. The number of nitrogens with zero attached hydrogens (tertiary/aromatic N) is 4. The van der Waals surface area contributed by atoms with Crippen LogP contribution in [0.25, 0.3) is 0 Å². The summed E-state index contributed by atoms with van der Waals surface area (Å²) in [5.74, 6) is 0.815. The van der Waals surface area contributed by atoms with E-state index in [0.717, 1.165) is 29.1 Å². The molecule has 11 heteroatoms. The van der Waals surface area contributed by atoms with Crippen molar-refractivity contribution < 1.29 is 21.6 Å². The molecule has 1 aliphatic heterocycles. The smallest absolute Gasteiger partial charge is 0.354 e. The zero-order chi connectivity index (χ0) is 25.2. The quantitative estimate of drug-likeness (QED) is 0.531. The Kier molecular flexibility index (Phi) is 7.00. The standard InChI is InChI=1S/C24H26F3N5O2S/c1-17-3-9-21(10-4-17)29-23-28-18(2)15-22(30-23)31-11-13-32(14-12-31)35(33,34)16-19-5-7-20(8-6-19)24(25,26)27/h3-10,15H,11-14,16H2,1-2H3,(H,28,29,30). The molecule has 0 saturated carbocycles. The summed E-state index contributed by atoms with van der Waals surface area (Å²) in [7, 11) is -3.67. The van der Waals surface area contributed by atoms with Gasteiger partial charge in [0.1, 0.15) is 5.82 Å². The third-order valence-electron chi connectivity index (χ3n) is 5.73. The van der Waals surface area contributed by atoms with Gasteiger partial charge in [-0.05, 0) is 43.7 Å². The van der Waals surface area contributed by atoms with E-state index in [1.54, 1.807) is 0 Å². The molecular formula is C24H26F3N5O2S. The Hall–Kier alpha value is -3.18. The van der Waals surface area contributed by atoms with E-state index in [1.165, 1.54) is 16.4 Å².